The first-order valence-corrected chi connectivity index (χ1v) is 5.19. The Kier molecular flexibility index (Phi) is 2.26. The summed E-state index contributed by atoms with van der Waals surface area (Å²) in [5, 5.41) is 2.98. The number of rotatable bonds is 1. The fourth-order valence-electron chi connectivity index (χ4n) is 1.76. The second-order valence-corrected chi connectivity index (χ2v) is 4.54. The molecule has 1 N–H and O–H groups in total. The van der Waals surface area contributed by atoms with Crippen molar-refractivity contribution in [2.75, 3.05) is 11.9 Å². The lowest BCUT2D eigenvalue weighted by atomic mass is 9.96. The van der Waals surface area contributed by atoms with Crippen LogP contribution in [0.3, 0.4) is 0 Å². The molecule has 2 rings (SSSR count). The highest BCUT2D eigenvalue weighted by Gasteiger charge is 2.39. The van der Waals surface area contributed by atoms with E-state index in [0.29, 0.717) is 12.1 Å². The number of hydrogen-bond acceptors (Lipinski definition) is 1. The van der Waals surface area contributed by atoms with Crippen molar-refractivity contribution in [1.29, 1.82) is 0 Å². The fourth-order valence-corrected chi connectivity index (χ4v) is 2.14. The minimum absolute atomic E-state index is 0.315. The van der Waals surface area contributed by atoms with E-state index in [1.165, 1.54) is 0 Å². The van der Waals surface area contributed by atoms with Gasteiger partial charge in [-0.05, 0) is 23.8 Å². The van der Waals surface area contributed by atoms with Gasteiger partial charge < -0.3 is 5.32 Å². The maximum atomic E-state index is 13.2. The quantitative estimate of drug-likeness (QED) is 0.815. The average Bonchev–Trinajstić information content (AvgIpc) is 2.45. The Morgan fingerprint density at radius 3 is 2.86 bits per heavy atom. The lowest BCUT2D eigenvalue weighted by Crippen LogP contribution is -2.23. The van der Waals surface area contributed by atoms with Gasteiger partial charge in [0.05, 0.1) is 5.92 Å². The Labute approximate surface area is 89.6 Å². The molecule has 76 valence electrons. The van der Waals surface area contributed by atoms with E-state index in [-0.39, 0.29) is 0 Å². The lowest BCUT2D eigenvalue weighted by Gasteiger charge is -2.18. The van der Waals surface area contributed by atoms with E-state index in [1.807, 2.05) is 12.1 Å². The van der Waals surface area contributed by atoms with Crippen molar-refractivity contribution in [3.63, 3.8) is 0 Å². The molecule has 1 atom stereocenters. The molecule has 0 aliphatic carbocycles. The Morgan fingerprint density at radius 2 is 2.21 bits per heavy atom. The summed E-state index contributed by atoms with van der Waals surface area (Å²) in [5.41, 5.74) is 1.52. The van der Waals surface area contributed by atoms with E-state index in [0.717, 1.165) is 17.1 Å². The van der Waals surface area contributed by atoms with Crippen LogP contribution < -0.4 is 5.32 Å². The van der Waals surface area contributed by atoms with Crippen molar-refractivity contribution in [1.82, 2.24) is 0 Å². The number of nitrogens with one attached hydrogen (secondary N) is 1. The summed E-state index contributed by atoms with van der Waals surface area (Å²) < 4.78 is 27.2. The van der Waals surface area contributed by atoms with Crippen LogP contribution in [0.15, 0.2) is 22.7 Å². The number of hydrogen-bond donors (Lipinski definition) is 1. The highest BCUT2D eigenvalue weighted by atomic mass is 79.9. The van der Waals surface area contributed by atoms with Gasteiger partial charge in [0.2, 0.25) is 0 Å². The molecule has 1 unspecified atom stereocenters. The molecule has 0 bridgehead atoms. The van der Waals surface area contributed by atoms with Crippen LogP contribution in [0.2, 0.25) is 0 Å². The molecule has 0 aromatic heterocycles. The monoisotopic (exact) mass is 261 g/mol. The largest absolute Gasteiger partial charge is 0.384 e. The summed E-state index contributed by atoms with van der Waals surface area (Å²) in [5.74, 6) is -3.38. The predicted molar refractivity (Wildman–Crippen MR) is 56.0 cm³/mol. The third-order valence-electron chi connectivity index (χ3n) is 2.50. The summed E-state index contributed by atoms with van der Waals surface area (Å²) in [6.45, 7) is 1.28. The van der Waals surface area contributed by atoms with Crippen LogP contribution in [0.25, 0.3) is 0 Å². The number of anilines is 1. The van der Waals surface area contributed by atoms with E-state index < -0.39 is 11.8 Å². The van der Waals surface area contributed by atoms with Crippen molar-refractivity contribution in [2.45, 2.75) is 18.8 Å². The molecule has 1 aromatic rings. The predicted octanol–water partition coefficient (Wildman–Crippen LogP) is 3.61. The standard InChI is InChI=1S/C10H10BrF2N/c1-10(12,13)8-5-14-9-3-2-6(11)4-7(8)9/h2-4,8,14H,5H2,1H3. The van der Waals surface area contributed by atoms with E-state index in [2.05, 4.69) is 21.2 Å². The topological polar surface area (TPSA) is 12.0 Å². The molecular weight excluding hydrogens is 252 g/mol. The second-order valence-electron chi connectivity index (χ2n) is 3.62. The van der Waals surface area contributed by atoms with Gasteiger partial charge >= 0.3 is 0 Å². The highest BCUT2D eigenvalue weighted by molar-refractivity contribution is 9.10. The van der Waals surface area contributed by atoms with Crippen LogP contribution in [-0.4, -0.2) is 12.5 Å². The second kappa shape index (κ2) is 3.19. The van der Waals surface area contributed by atoms with Gasteiger partial charge in [0, 0.05) is 23.6 Å². The molecule has 0 saturated heterocycles. The Bertz CT molecular complexity index is 360. The molecule has 0 spiro atoms. The Morgan fingerprint density at radius 1 is 1.50 bits per heavy atom. The van der Waals surface area contributed by atoms with Crippen LogP contribution in [0.4, 0.5) is 14.5 Å². The highest BCUT2D eigenvalue weighted by Crippen LogP contribution is 2.42. The van der Waals surface area contributed by atoms with Crippen LogP contribution in [0.5, 0.6) is 0 Å². The van der Waals surface area contributed by atoms with Crippen molar-refractivity contribution < 1.29 is 8.78 Å². The summed E-state index contributed by atoms with van der Waals surface area (Å²) in [4.78, 5) is 0. The zero-order valence-electron chi connectivity index (χ0n) is 7.65. The van der Waals surface area contributed by atoms with Gasteiger partial charge in [-0.2, -0.15) is 0 Å². The first-order valence-electron chi connectivity index (χ1n) is 4.39. The van der Waals surface area contributed by atoms with Crippen LogP contribution in [0, 0.1) is 0 Å². The summed E-state index contributed by atoms with van der Waals surface area (Å²) >= 11 is 3.29. The van der Waals surface area contributed by atoms with E-state index in [1.54, 1.807) is 6.07 Å². The summed E-state index contributed by atoms with van der Waals surface area (Å²) in [6, 6.07) is 5.44. The van der Waals surface area contributed by atoms with Crippen molar-refractivity contribution in [2.24, 2.45) is 0 Å². The summed E-state index contributed by atoms with van der Waals surface area (Å²) in [6.07, 6.45) is 0. The SMILES string of the molecule is CC(F)(F)C1CNc2ccc(Br)cc21. The molecule has 4 heteroatoms. The van der Waals surface area contributed by atoms with Gasteiger partial charge in [-0.1, -0.05) is 15.9 Å². The van der Waals surface area contributed by atoms with Gasteiger partial charge in [0.15, 0.2) is 0 Å². The Balaban J connectivity index is 2.43. The average molecular weight is 262 g/mol. The molecule has 1 aromatic carbocycles. The third-order valence-corrected chi connectivity index (χ3v) is 2.99. The molecule has 0 amide bonds. The minimum Gasteiger partial charge on any atom is -0.384 e. The first-order chi connectivity index (χ1) is 6.48. The molecule has 0 fully saturated rings. The normalized spacial score (nSPS) is 20.4. The van der Waals surface area contributed by atoms with Crippen molar-refractivity contribution >= 4 is 21.6 Å². The van der Waals surface area contributed by atoms with E-state index in [9.17, 15) is 8.78 Å². The molecule has 0 radical (unpaired) electrons. The maximum Gasteiger partial charge on any atom is 0.253 e. The van der Waals surface area contributed by atoms with Crippen molar-refractivity contribution in [3.05, 3.63) is 28.2 Å². The number of benzene rings is 1. The van der Waals surface area contributed by atoms with E-state index in [4.69, 9.17) is 0 Å². The molecule has 0 saturated carbocycles. The van der Waals surface area contributed by atoms with Gasteiger partial charge in [-0.25, -0.2) is 8.78 Å². The summed E-state index contributed by atoms with van der Waals surface area (Å²) in [7, 11) is 0. The number of alkyl halides is 2. The minimum atomic E-state index is -2.67. The third kappa shape index (κ3) is 1.63. The van der Waals surface area contributed by atoms with Gasteiger partial charge in [-0.15, -0.1) is 0 Å². The number of fused-ring (bicyclic) bond motifs is 1. The van der Waals surface area contributed by atoms with Crippen molar-refractivity contribution in [3.8, 4) is 0 Å². The Hall–Kier alpha value is -0.640. The molecule has 1 aliphatic rings. The van der Waals surface area contributed by atoms with Crippen LogP contribution in [0.1, 0.15) is 18.4 Å². The zero-order valence-corrected chi connectivity index (χ0v) is 9.24. The van der Waals surface area contributed by atoms with Gasteiger partial charge in [0.1, 0.15) is 0 Å². The molecule has 1 nitrogen and oxygen atoms in total. The van der Waals surface area contributed by atoms with E-state index >= 15 is 0 Å². The fraction of sp³-hybridized carbons (Fsp3) is 0.400. The van der Waals surface area contributed by atoms with Gasteiger partial charge in [-0.3, -0.25) is 0 Å². The van der Waals surface area contributed by atoms with Crippen LogP contribution in [-0.2, 0) is 0 Å². The smallest absolute Gasteiger partial charge is 0.253 e. The zero-order chi connectivity index (χ0) is 10.3. The molecule has 1 aliphatic heterocycles. The first kappa shape index (κ1) is 9.90. The molecule has 14 heavy (non-hydrogen) atoms. The lowest BCUT2D eigenvalue weighted by molar-refractivity contribution is -0.00186. The molecular formula is C10H10BrF2N. The molecule has 1 heterocycles. The van der Waals surface area contributed by atoms with Gasteiger partial charge in [0.25, 0.3) is 5.92 Å². The maximum absolute atomic E-state index is 13.2. The van der Waals surface area contributed by atoms with Crippen LogP contribution >= 0.6 is 15.9 Å². The number of halogens is 3.